The fourth-order valence-electron chi connectivity index (χ4n) is 2.13. The minimum Gasteiger partial charge on any atom is -0.495 e. The van der Waals surface area contributed by atoms with Crippen molar-refractivity contribution in [2.75, 3.05) is 30.1 Å². The third-order valence-electron chi connectivity index (χ3n) is 3.33. The van der Waals surface area contributed by atoms with Gasteiger partial charge in [-0.1, -0.05) is 11.6 Å². The second-order valence-electron chi connectivity index (χ2n) is 5.55. The third kappa shape index (κ3) is 7.13. The zero-order valence-corrected chi connectivity index (χ0v) is 16.9. The van der Waals surface area contributed by atoms with Gasteiger partial charge in [0.05, 0.1) is 18.6 Å². The summed E-state index contributed by atoms with van der Waals surface area (Å²) in [4.78, 5) is 35.9. The zero-order chi connectivity index (χ0) is 20.5. The van der Waals surface area contributed by atoms with Crippen molar-refractivity contribution in [3.05, 3.63) is 47.5 Å². The van der Waals surface area contributed by atoms with E-state index in [-0.39, 0.29) is 11.7 Å². The van der Waals surface area contributed by atoms with Crippen molar-refractivity contribution < 1.29 is 23.9 Å². The number of nitrogens with one attached hydrogen (secondary N) is 2. The standard InChI is InChI=1S/C19H19ClN2O5S/c1-12(23)21-14-5-8-17(26-2)16(9-14)22-18(24)10-27-19(25)11-28-15-6-3-13(20)4-7-15/h3-9H,10-11H2,1-2H3,(H,21,23)(H,22,24). The minimum atomic E-state index is -0.525. The van der Waals surface area contributed by atoms with Crippen molar-refractivity contribution in [1.82, 2.24) is 0 Å². The number of amides is 2. The number of benzene rings is 2. The van der Waals surface area contributed by atoms with Gasteiger partial charge < -0.3 is 20.1 Å². The second-order valence-corrected chi connectivity index (χ2v) is 7.03. The number of rotatable bonds is 8. The van der Waals surface area contributed by atoms with Gasteiger partial charge in [0.1, 0.15) is 5.75 Å². The van der Waals surface area contributed by atoms with E-state index < -0.39 is 18.5 Å². The van der Waals surface area contributed by atoms with E-state index in [9.17, 15) is 14.4 Å². The molecule has 0 saturated heterocycles. The van der Waals surface area contributed by atoms with Crippen LogP contribution in [0.1, 0.15) is 6.92 Å². The molecule has 28 heavy (non-hydrogen) atoms. The molecule has 148 valence electrons. The van der Waals surface area contributed by atoms with Crippen molar-refractivity contribution >= 4 is 52.5 Å². The van der Waals surface area contributed by atoms with Gasteiger partial charge in [-0.2, -0.15) is 0 Å². The highest BCUT2D eigenvalue weighted by molar-refractivity contribution is 8.00. The number of anilines is 2. The topological polar surface area (TPSA) is 93.7 Å². The molecular formula is C19H19ClN2O5S. The quantitative estimate of drug-likeness (QED) is 0.499. The molecule has 7 nitrogen and oxygen atoms in total. The van der Waals surface area contributed by atoms with Gasteiger partial charge in [-0.15, -0.1) is 11.8 Å². The van der Waals surface area contributed by atoms with Gasteiger partial charge in [0.15, 0.2) is 6.61 Å². The summed E-state index contributed by atoms with van der Waals surface area (Å²) in [7, 11) is 1.46. The number of halogens is 1. The normalized spacial score (nSPS) is 10.1. The lowest BCUT2D eigenvalue weighted by Crippen LogP contribution is -2.22. The highest BCUT2D eigenvalue weighted by Crippen LogP contribution is 2.28. The van der Waals surface area contributed by atoms with Crippen molar-refractivity contribution in [3.8, 4) is 5.75 Å². The molecule has 0 aliphatic rings. The molecule has 0 unspecified atom stereocenters. The first-order valence-electron chi connectivity index (χ1n) is 8.17. The summed E-state index contributed by atoms with van der Waals surface area (Å²) in [5.41, 5.74) is 0.852. The van der Waals surface area contributed by atoms with E-state index in [0.29, 0.717) is 22.1 Å². The predicted molar refractivity (Wildman–Crippen MR) is 109 cm³/mol. The molecule has 0 spiro atoms. The molecule has 0 aliphatic carbocycles. The van der Waals surface area contributed by atoms with E-state index in [0.717, 1.165) is 4.90 Å². The molecule has 0 aliphatic heterocycles. The van der Waals surface area contributed by atoms with Crippen molar-refractivity contribution in [3.63, 3.8) is 0 Å². The van der Waals surface area contributed by atoms with Crippen LogP contribution in [0.15, 0.2) is 47.4 Å². The molecule has 2 aromatic rings. The molecule has 0 radical (unpaired) electrons. The summed E-state index contributed by atoms with van der Waals surface area (Å²) in [5, 5.41) is 5.82. The van der Waals surface area contributed by atoms with Gasteiger partial charge in [-0.25, -0.2) is 0 Å². The fourth-order valence-corrected chi connectivity index (χ4v) is 2.96. The molecule has 0 heterocycles. The van der Waals surface area contributed by atoms with E-state index in [1.807, 2.05) is 0 Å². The Labute approximate surface area is 171 Å². The lowest BCUT2D eigenvalue weighted by Gasteiger charge is -2.12. The number of carbonyl (C=O) groups is 3. The smallest absolute Gasteiger partial charge is 0.316 e. The van der Waals surface area contributed by atoms with Crippen LogP contribution in [-0.2, 0) is 19.1 Å². The Morgan fingerprint density at radius 1 is 1.07 bits per heavy atom. The summed E-state index contributed by atoms with van der Waals surface area (Å²) in [6.45, 7) is 0.942. The largest absolute Gasteiger partial charge is 0.495 e. The average Bonchev–Trinajstić information content (AvgIpc) is 2.65. The van der Waals surface area contributed by atoms with Gasteiger partial charge in [0, 0.05) is 22.5 Å². The maximum Gasteiger partial charge on any atom is 0.316 e. The van der Waals surface area contributed by atoms with E-state index in [1.54, 1.807) is 42.5 Å². The van der Waals surface area contributed by atoms with Gasteiger partial charge in [0.25, 0.3) is 5.91 Å². The summed E-state index contributed by atoms with van der Waals surface area (Å²) < 4.78 is 10.2. The number of hydrogen-bond acceptors (Lipinski definition) is 6. The predicted octanol–water partition coefficient (Wildman–Crippen LogP) is 3.58. The van der Waals surface area contributed by atoms with Crippen LogP contribution in [0, 0.1) is 0 Å². The fraction of sp³-hybridized carbons (Fsp3) is 0.211. The number of methoxy groups -OCH3 is 1. The molecule has 2 N–H and O–H groups in total. The second kappa shape index (κ2) is 10.6. The van der Waals surface area contributed by atoms with Crippen LogP contribution >= 0.6 is 23.4 Å². The third-order valence-corrected chi connectivity index (χ3v) is 4.57. The molecule has 2 amide bonds. The van der Waals surface area contributed by atoms with Gasteiger partial charge >= 0.3 is 5.97 Å². The van der Waals surface area contributed by atoms with E-state index >= 15 is 0 Å². The Bertz CT molecular complexity index is 858. The maximum atomic E-state index is 12.1. The minimum absolute atomic E-state index is 0.0657. The number of esters is 1. The van der Waals surface area contributed by atoms with Crippen molar-refractivity contribution in [2.24, 2.45) is 0 Å². The maximum absolute atomic E-state index is 12.1. The summed E-state index contributed by atoms with van der Waals surface area (Å²) in [6, 6.07) is 11.8. The van der Waals surface area contributed by atoms with Crippen LogP contribution in [0.25, 0.3) is 0 Å². The molecule has 9 heteroatoms. The Kier molecular flexibility index (Phi) is 8.16. The first-order chi connectivity index (χ1) is 13.4. The van der Waals surface area contributed by atoms with E-state index in [2.05, 4.69) is 10.6 Å². The Morgan fingerprint density at radius 3 is 2.43 bits per heavy atom. The van der Waals surface area contributed by atoms with Crippen LogP contribution in [-0.4, -0.2) is 37.3 Å². The summed E-state index contributed by atoms with van der Waals surface area (Å²) >= 11 is 7.09. The average molecular weight is 423 g/mol. The number of thioether (sulfide) groups is 1. The van der Waals surface area contributed by atoms with Crippen LogP contribution < -0.4 is 15.4 Å². The van der Waals surface area contributed by atoms with Crippen LogP contribution in [0.4, 0.5) is 11.4 Å². The molecule has 2 aromatic carbocycles. The van der Waals surface area contributed by atoms with Crippen LogP contribution in [0.5, 0.6) is 5.75 Å². The van der Waals surface area contributed by atoms with E-state index in [1.165, 1.54) is 25.8 Å². The Balaban J connectivity index is 1.85. The molecule has 0 atom stereocenters. The Morgan fingerprint density at radius 2 is 1.79 bits per heavy atom. The Hall–Kier alpha value is -2.71. The van der Waals surface area contributed by atoms with Crippen molar-refractivity contribution in [1.29, 1.82) is 0 Å². The van der Waals surface area contributed by atoms with Gasteiger partial charge in [-0.05, 0) is 42.5 Å². The molecule has 0 bridgehead atoms. The summed E-state index contributed by atoms with van der Waals surface area (Å²) in [6.07, 6.45) is 0. The molecule has 2 rings (SSSR count). The SMILES string of the molecule is COc1ccc(NC(C)=O)cc1NC(=O)COC(=O)CSc1ccc(Cl)cc1. The number of carbonyl (C=O) groups excluding carboxylic acids is 3. The first-order valence-corrected chi connectivity index (χ1v) is 9.53. The van der Waals surface area contributed by atoms with Crippen molar-refractivity contribution in [2.45, 2.75) is 11.8 Å². The highest BCUT2D eigenvalue weighted by Gasteiger charge is 2.12. The molecular weight excluding hydrogens is 404 g/mol. The van der Waals surface area contributed by atoms with Crippen LogP contribution in [0.3, 0.4) is 0 Å². The number of hydrogen-bond donors (Lipinski definition) is 2. The number of ether oxygens (including phenoxy) is 2. The zero-order valence-electron chi connectivity index (χ0n) is 15.3. The molecule has 0 fully saturated rings. The first kappa shape index (κ1) is 21.6. The lowest BCUT2D eigenvalue weighted by atomic mass is 10.2. The lowest BCUT2D eigenvalue weighted by molar-refractivity contribution is -0.144. The van der Waals surface area contributed by atoms with E-state index in [4.69, 9.17) is 21.1 Å². The molecule has 0 aromatic heterocycles. The van der Waals surface area contributed by atoms with Gasteiger partial charge in [0.2, 0.25) is 5.91 Å². The van der Waals surface area contributed by atoms with Gasteiger partial charge in [-0.3, -0.25) is 14.4 Å². The highest BCUT2D eigenvalue weighted by atomic mass is 35.5. The monoisotopic (exact) mass is 422 g/mol. The molecule has 0 saturated carbocycles. The summed E-state index contributed by atoms with van der Waals surface area (Å²) in [5.74, 6) is -0.810. The van der Waals surface area contributed by atoms with Crippen LogP contribution in [0.2, 0.25) is 5.02 Å².